The maximum absolute atomic E-state index is 14.7. The van der Waals surface area contributed by atoms with E-state index < -0.39 is 93.7 Å². The molecule has 1 saturated carbocycles. The van der Waals surface area contributed by atoms with Gasteiger partial charge in [0.15, 0.2) is 5.78 Å². The van der Waals surface area contributed by atoms with Gasteiger partial charge in [-0.1, -0.05) is 76.3 Å². The number of aliphatic hydroxyl groups is 2. The van der Waals surface area contributed by atoms with Gasteiger partial charge in [-0.2, -0.15) is 0 Å². The Morgan fingerprint density at radius 2 is 1.60 bits per heavy atom. The van der Waals surface area contributed by atoms with E-state index in [9.17, 15) is 42.6 Å². The topological polar surface area (TPSA) is 275 Å². The predicted octanol–water partition coefficient (Wildman–Crippen LogP) is 6.88. The number of sulfonamides is 1. The van der Waals surface area contributed by atoms with Crippen molar-refractivity contribution in [2.75, 3.05) is 27.9 Å². The molecule has 21 heteroatoms. The number of cyclic esters (lactones) is 1. The molecule has 15 atom stereocenters. The molecular formula is C60H87N5O15S. The van der Waals surface area contributed by atoms with Crippen LogP contribution in [0.4, 0.5) is 0 Å². The number of benzene rings is 1. The van der Waals surface area contributed by atoms with Crippen LogP contribution in [0.5, 0.6) is 5.75 Å². The largest absolute Gasteiger partial charge is 0.487 e. The second-order valence-corrected chi connectivity index (χ2v) is 24.6. The molecule has 0 radical (unpaired) electrons. The number of hydrogen-bond acceptors (Lipinski definition) is 17. The van der Waals surface area contributed by atoms with Gasteiger partial charge < -0.3 is 43.5 Å². The first kappa shape index (κ1) is 64.9. The number of Topliss-reactive ketones (excluding diaryl/α,β-unsaturated/α-hetero) is 3. The van der Waals surface area contributed by atoms with Crippen molar-refractivity contribution < 1.29 is 71.0 Å². The number of amides is 1. The molecule has 4 aliphatic rings. The predicted molar refractivity (Wildman–Crippen MR) is 300 cm³/mol. The summed E-state index contributed by atoms with van der Waals surface area (Å²) in [6.07, 6.45) is 13.2. The van der Waals surface area contributed by atoms with Crippen LogP contribution in [0.15, 0.2) is 83.0 Å². The lowest BCUT2D eigenvalue weighted by atomic mass is 9.77. The van der Waals surface area contributed by atoms with E-state index in [0.717, 1.165) is 12.0 Å². The normalized spacial score (nSPS) is 34.9. The van der Waals surface area contributed by atoms with Crippen LogP contribution in [0.1, 0.15) is 137 Å². The molecule has 448 valence electrons. The number of methoxy groups -OCH3 is 3. The summed E-state index contributed by atoms with van der Waals surface area (Å²) in [5, 5.41) is 37.6. The van der Waals surface area contributed by atoms with E-state index in [2.05, 4.69) is 10.3 Å². The number of aliphatic hydroxyl groups excluding tert-OH is 1. The maximum Gasteiger partial charge on any atom is 0.329 e. The molecule has 4 N–H and O–H groups in total. The van der Waals surface area contributed by atoms with Crippen LogP contribution < -0.4 is 9.88 Å². The molecule has 2 aromatic rings. The number of ketones is 3. The van der Waals surface area contributed by atoms with E-state index >= 15 is 0 Å². The van der Waals surface area contributed by atoms with Crippen molar-refractivity contribution in [2.45, 2.75) is 192 Å². The molecule has 3 fully saturated rings. The summed E-state index contributed by atoms with van der Waals surface area (Å²) >= 11 is 0. The molecule has 1 amide bonds. The summed E-state index contributed by atoms with van der Waals surface area (Å²) in [5.41, 5.74) is 1.77. The Balaban J connectivity index is 1.24. The lowest BCUT2D eigenvalue weighted by Crippen LogP contribution is -2.61. The molecule has 1 aliphatic carbocycles. The van der Waals surface area contributed by atoms with Crippen LogP contribution in [0, 0.1) is 35.5 Å². The lowest BCUT2D eigenvalue weighted by Gasteiger charge is -2.42. The average Bonchev–Trinajstić information content (AvgIpc) is 4.00. The van der Waals surface area contributed by atoms with Gasteiger partial charge in [0.05, 0.1) is 35.4 Å². The number of carbonyl (C=O) groups excluding carboxylic acids is 5. The molecular weight excluding hydrogens is 1060 g/mol. The van der Waals surface area contributed by atoms with Gasteiger partial charge in [-0.15, -0.1) is 5.10 Å². The third kappa shape index (κ3) is 17.0. The molecule has 20 nitrogen and oxygen atoms in total. The van der Waals surface area contributed by atoms with Crippen LogP contribution in [0.2, 0.25) is 0 Å². The first-order chi connectivity index (χ1) is 38.4. The molecule has 1 aromatic heterocycles. The summed E-state index contributed by atoms with van der Waals surface area (Å²) in [7, 11) is 0.718. The highest BCUT2D eigenvalue weighted by molar-refractivity contribution is 7.89. The number of nitrogens with zero attached hydrogens (tertiary/aromatic N) is 4. The van der Waals surface area contributed by atoms with Gasteiger partial charge in [0.25, 0.3) is 11.7 Å². The first-order valence-corrected chi connectivity index (χ1v) is 30.1. The molecule has 6 rings (SSSR count). The Bertz CT molecular complexity index is 2720. The van der Waals surface area contributed by atoms with Crippen LogP contribution in [0.3, 0.4) is 0 Å². The van der Waals surface area contributed by atoms with Crippen molar-refractivity contribution in [3.05, 3.63) is 83.8 Å². The summed E-state index contributed by atoms with van der Waals surface area (Å²) < 4.78 is 61.1. The maximum atomic E-state index is 14.7. The fourth-order valence-electron chi connectivity index (χ4n) is 11.8. The smallest absolute Gasteiger partial charge is 0.329 e. The number of primary sulfonamides is 1. The van der Waals surface area contributed by atoms with Crippen molar-refractivity contribution in [3.63, 3.8) is 0 Å². The number of esters is 1. The number of piperidine rings is 1. The number of aromatic nitrogens is 3. The van der Waals surface area contributed by atoms with Crippen LogP contribution in [0.25, 0.3) is 0 Å². The highest BCUT2D eigenvalue weighted by Gasteiger charge is 2.53. The number of fused-ring (bicyclic) bond motifs is 3. The Kier molecular flexibility index (Phi) is 23.5. The van der Waals surface area contributed by atoms with Crippen molar-refractivity contribution in [3.8, 4) is 5.75 Å². The number of allylic oxidation sites excluding steroid dienone is 6. The summed E-state index contributed by atoms with van der Waals surface area (Å²) in [6.45, 7) is 12.7. The first-order valence-electron chi connectivity index (χ1n) is 28.5. The number of ether oxygens (including phenoxy) is 6. The Morgan fingerprint density at radius 1 is 0.877 bits per heavy atom. The van der Waals surface area contributed by atoms with E-state index in [1.165, 1.54) is 36.3 Å². The minimum Gasteiger partial charge on any atom is -0.487 e. The molecule has 0 unspecified atom stereocenters. The zero-order chi connectivity index (χ0) is 59.3. The fraction of sp³-hybridized carbons (Fsp3) is 0.650. The van der Waals surface area contributed by atoms with Crippen molar-refractivity contribution in [1.82, 2.24) is 19.9 Å². The molecule has 1 aromatic carbocycles. The SMILES string of the molecule is CO[C@H]1C[C@@H]2CC[C@@H](C)[C@@](O)(O2)C(=O)C(=O)N2CCCC[C@H]2C(=O)O[C@H]([C@H](C)C[C@@H]2CC[C@H](n3cc(COc4ccc(S(N)(=O)=O)cc4)nn3)[C@H](OC)C2)CC(=O)[C@H](C)/C=C(\C)[C@@H](O)[C@@H](OC)C(=O)[C@H](C)C[C@H](C)/C=C/C=C/C=C/1C. The molecule has 3 aliphatic heterocycles. The quantitative estimate of drug-likeness (QED) is 0.117. The van der Waals surface area contributed by atoms with Crippen LogP contribution >= 0.6 is 0 Å². The third-order valence-corrected chi connectivity index (χ3v) is 17.8. The summed E-state index contributed by atoms with van der Waals surface area (Å²) in [5.74, 6) is -7.95. The van der Waals surface area contributed by atoms with Crippen molar-refractivity contribution in [2.24, 2.45) is 40.6 Å². The Morgan fingerprint density at radius 3 is 2.28 bits per heavy atom. The standard InChI is InChI=1S/C60H87N5O15S/c1-36-16-12-11-13-17-37(2)51(75-8)32-46-21-19-42(7)60(72,80-46)57(69)58(70)64-27-15-14-18-49(64)59(71)79-52(33-50(66)38(3)29-41(6)55(68)56(77-10)54(67)40(5)28-36)39(4)30-43-20-26-48(53(31-43)76-9)65-34-44(62-63-65)35-78-45-22-24-47(25-23-45)81(61,73)74/h11-13,16-17,22-25,29,34,36,38-40,42-43,46,48-49,51-53,55-56,68,72H,14-15,18-21,26-28,30-33,35H2,1-10H3,(H2,61,73,74)/b13-11+,16-12+,37-17+,41-29+/t36-,38-,39-,40-,42-,43+,46+,48+,49+,51+,52+,53-,55-,56+,60-/m1/s1. The van der Waals surface area contributed by atoms with Crippen LogP contribution in [-0.4, -0.2) is 144 Å². The fourth-order valence-corrected chi connectivity index (χ4v) is 12.4. The van der Waals surface area contributed by atoms with E-state index in [0.29, 0.717) is 74.8 Å². The van der Waals surface area contributed by atoms with Gasteiger partial charge in [0, 0.05) is 58.5 Å². The van der Waals surface area contributed by atoms with E-state index in [4.69, 9.17) is 33.6 Å². The number of rotatable bonds is 11. The highest BCUT2D eigenvalue weighted by atomic mass is 32.2. The molecule has 4 heterocycles. The molecule has 0 spiro atoms. The van der Waals surface area contributed by atoms with Gasteiger partial charge in [0.2, 0.25) is 15.8 Å². The monoisotopic (exact) mass is 1150 g/mol. The zero-order valence-electron chi connectivity index (χ0n) is 48.8. The lowest BCUT2D eigenvalue weighted by molar-refractivity contribution is -0.265. The van der Waals surface area contributed by atoms with Gasteiger partial charge in [-0.25, -0.2) is 23.0 Å². The van der Waals surface area contributed by atoms with E-state index in [1.807, 2.05) is 51.2 Å². The number of nitrogens with two attached hydrogens (primary N) is 1. The zero-order valence-corrected chi connectivity index (χ0v) is 49.6. The minimum atomic E-state index is -3.85. The van der Waals surface area contributed by atoms with Gasteiger partial charge in [0.1, 0.15) is 48.2 Å². The van der Waals surface area contributed by atoms with Crippen LogP contribution in [-0.2, 0) is 64.3 Å². The van der Waals surface area contributed by atoms with Crippen molar-refractivity contribution >= 4 is 39.2 Å². The van der Waals surface area contributed by atoms with Gasteiger partial charge in [-0.3, -0.25) is 19.2 Å². The second kappa shape index (κ2) is 29.3. The second-order valence-electron chi connectivity index (χ2n) is 23.1. The third-order valence-electron chi connectivity index (χ3n) is 16.9. The average molecular weight is 1150 g/mol. The molecule has 2 bridgehead atoms. The summed E-state index contributed by atoms with van der Waals surface area (Å²) in [4.78, 5) is 72.9. The Hall–Kier alpha value is -5.26. The Labute approximate surface area is 477 Å². The van der Waals surface area contributed by atoms with Gasteiger partial charge in [-0.05, 0) is 131 Å². The van der Waals surface area contributed by atoms with Crippen molar-refractivity contribution in [1.29, 1.82) is 0 Å². The minimum absolute atomic E-state index is 0.00567. The molecule has 81 heavy (non-hydrogen) atoms. The highest BCUT2D eigenvalue weighted by Crippen LogP contribution is 2.40. The number of carbonyl (C=O) groups is 5. The summed E-state index contributed by atoms with van der Waals surface area (Å²) in [6, 6.07) is 4.37. The van der Waals surface area contributed by atoms with E-state index in [-0.39, 0.29) is 66.4 Å². The number of hydrogen-bond donors (Lipinski definition) is 3. The van der Waals surface area contributed by atoms with Gasteiger partial charge >= 0.3 is 5.97 Å². The molecule has 2 saturated heterocycles. The van der Waals surface area contributed by atoms with E-state index in [1.54, 1.807) is 58.9 Å².